The normalized spacial score (nSPS) is 10.1. The minimum Gasteiger partial charge on any atom is -0.481 e. The van der Waals surface area contributed by atoms with Crippen LogP contribution in [-0.2, 0) is 17.1 Å². The van der Waals surface area contributed by atoms with Crippen molar-refractivity contribution < 1.29 is 9.90 Å². The average molecular weight is 214 g/mol. The molecule has 3 N–H and O–H groups in total. The van der Waals surface area contributed by atoms with Gasteiger partial charge in [0.15, 0.2) is 0 Å². The van der Waals surface area contributed by atoms with E-state index in [2.05, 4.69) is 0 Å². The number of aryl methyl sites for hydroxylation is 1. The molecule has 0 aliphatic carbocycles. The smallest absolute Gasteiger partial charge is 0.303 e. The lowest BCUT2D eigenvalue weighted by atomic mass is 10.1. The molecule has 0 unspecified atom stereocenters. The van der Waals surface area contributed by atoms with Gasteiger partial charge in [-0.05, 0) is 29.7 Å². The Morgan fingerprint density at radius 1 is 1.36 bits per heavy atom. The number of carbonyl (C=O) groups is 1. The third-order valence-electron chi connectivity index (χ3n) is 1.86. The van der Waals surface area contributed by atoms with E-state index in [4.69, 9.17) is 22.4 Å². The molecule has 14 heavy (non-hydrogen) atoms. The van der Waals surface area contributed by atoms with Crippen LogP contribution in [0.4, 0.5) is 5.69 Å². The lowest BCUT2D eigenvalue weighted by Gasteiger charge is -2.04. The summed E-state index contributed by atoms with van der Waals surface area (Å²) in [7, 11) is 0. The largest absolute Gasteiger partial charge is 0.481 e. The fraction of sp³-hybridized carbons (Fsp3) is 0.300. The van der Waals surface area contributed by atoms with Gasteiger partial charge in [0.25, 0.3) is 0 Å². The van der Waals surface area contributed by atoms with E-state index in [0.29, 0.717) is 18.0 Å². The summed E-state index contributed by atoms with van der Waals surface area (Å²) in [5.74, 6) is -0.412. The van der Waals surface area contributed by atoms with Crippen LogP contribution in [0.1, 0.15) is 17.5 Å². The Bertz CT molecular complexity index is 339. The van der Waals surface area contributed by atoms with Crippen LogP contribution in [0.3, 0.4) is 0 Å². The van der Waals surface area contributed by atoms with Gasteiger partial charge < -0.3 is 10.8 Å². The molecule has 1 aromatic carbocycles. The number of rotatable bonds is 4. The van der Waals surface area contributed by atoms with Crippen molar-refractivity contribution >= 4 is 23.3 Å². The maximum atomic E-state index is 10.4. The van der Waals surface area contributed by atoms with Gasteiger partial charge in [-0.1, -0.05) is 6.07 Å². The van der Waals surface area contributed by atoms with Gasteiger partial charge in [-0.2, -0.15) is 0 Å². The molecule has 0 aromatic heterocycles. The van der Waals surface area contributed by atoms with Gasteiger partial charge in [0, 0.05) is 18.0 Å². The number of carboxylic acid groups (broad SMARTS) is 1. The molecule has 0 atom stereocenters. The van der Waals surface area contributed by atoms with Crippen molar-refractivity contribution in [1.82, 2.24) is 0 Å². The monoisotopic (exact) mass is 213 g/mol. The standard InChI is InChI=1S/C10H12ClNO2/c11-6-8-3-7(1-2-10(13)14)4-9(12)5-8/h3-5H,1-2,6,12H2,(H,13,14). The van der Waals surface area contributed by atoms with Crippen molar-refractivity contribution in [1.29, 1.82) is 0 Å². The number of benzene rings is 1. The second kappa shape index (κ2) is 4.86. The Kier molecular flexibility index (Phi) is 3.77. The van der Waals surface area contributed by atoms with E-state index in [-0.39, 0.29) is 6.42 Å². The first-order chi connectivity index (χ1) is 6.61. The first kappa shape index (κ1) is 10.9. The zero-order valence-corrected chi connectivity index (χ0v) is 8.42. The van der Waals surface area contributed by atoms with Gasteiger partial charge >= 0.3 is 5.97 Å². The number of alkyl halides is 1. The molecule has 76 valence electrons. The van der Waals surface area contributed by atoms with Crippen molar-refractivity contribution in [3.05, 3.63) is 29.3 Å². The number of anilines is 1. The summed E-state index contributed by atoms with van der Waals surface area (Å²) >= 11 is 5.66. The third-order valence-corrected chi connectivity index (χ3v) is 2.17. The average Bonchev–Trinajstić information content (AvgIpc) is 2.14. The lowest BCUT2D eigenvalue weighted by molar-refractivity contribution is -0.136. The molecule has 0 aliphatic heterocycles. The zero-order valence-electron chi connectivity index (χ0n) is 7.66. The van der Waals surface area contributed by atoms with E-state index < -0.39 is 5.97 Å². The molecule has 1 rings (SSSR count). The highest BCUT2D eigenvalue weighted by molar-refractivity contribution is 6.17. The van der Waals surface area contributed by atoms with Crippen LogP contribution >= 0.6 is 11.6 Å². The number of hydrogen-bond donors (Lipinski definition) is 2. The van der Waals surface area contributed by atoms with Gasteiger partial charge in [-0.3, -0.25) is 4.79 Å². The number of halogens is 1. The summed E-state index contributed by atoms with van der Waals surface area (Å²) in [5.41, 5.74) is 8.11. The van der Waals surface area contributed by atoms with Gasteiger partial charge in [-0.25, -0.2) is 0 Å². The molecule has 0 spiro atoms. The summed E-state index contributed by atoms with van der Waals surface area (Å²) < 4.78 is 0. The minimum atomic E-state index is -0.806. The molecular weight excluding hydrogens is 202 g/mol. The summed E-state index contributed by atoms with van der Waals surface area (Å²) in [6.07, 6.45) is 0.607. The molecule has 0 amide bonds. The molecule has 0 saturated carbocycles. The predicted molar refractivity (Wildman–Crippen MR) is 56.4 cm³/mol. The summed E-state index contributed by atoms with van der Waals surface area (Å²) in [4.78, 5) is 10.4. The van der Waals surface area contributed by atoms with Crippen molar-refractivity contribution in [3.8, 4) is 0 Å². The van der Waals surface area contributed by atoms with Crippen molar-refractivity contribution in [2.75, 3.05) is 5.73 Å². The van der Waals surface area contributed by atoms with E-state index in [1.165, 1.54) is 0 Å². The van der Waals surface area contributed by atoms with Crippen LogP contribution < -0.4 is 5.73 Å². The van der Waals surface area contributed by atoms with E-state index in [9.17, 15) is 4.79 Å². The van der Waals surface area contributed by atoms with Crippen LogP contribution in [0.15, 0.2) is 18.2 Å². The molecule has 0 saturated heterocycles. The second-order valence-corrected chi connectivity index (χ2v) is 3.38. The van der Waals surface area contributed by atoms with Gasteiger partial charge in [0.05, 0.1) is 0 Å². The SMILES string of the molecule is Nc1cc(CCl)cc(CCC(=O)O)c1. The minimum absolute atomic E-state index is 0.116. The maximum Gasteiger partial charge on any atom is 0.303 e. The lowest BCUT2D eigenvalue weighted by Crippen LogP contribution is -1.99. The predicted octanol–water partition coefficient (Wildman–Crippen LogP) is 2.02. The Morgan fingerprint density at radius 2 is 2.00 bits per heavy atom. The Balaban J connectivity index is 2.76. The summed E-state index contributed by atoms with van der Waals surface area (Å²) in [6, 6.07) is 5.45. The molecule has 0 bridgehead atoms. The Labute approximate surface area is 87.5 Å². The Hall–Kier alpha value is -1.22. The fourth-order valence-electron chi connectivity index (χ4n) is 1.26. The zero-order chi connectivity index (χ0) is 10.6. The van der Waals surface area contributed by atoms with E-state index in [0.717, 1.165) is 11.1 Å². The maximum absolute atomic E-state index is 10.4. The van der Waals surface area contributed by atoms with Crippen LogP contribution in [-0.4, -0.2) is 11.1 Å². The number of hydrogen-bond acceptors (Lipinski definition) is 2. The third kappa shape index (κ3) is 3.26. The molecule has 0 radical (unpaired) electrons. The van der Waals surface area contributed by atoms with Crippen molar-refractivity contribution in [3.63, 3.8) is 0 Å². The van der Waals surface area contributed by atoms with Crippen molar-refractivity contribution in [2.24, 2.45) is 0 Å². The van der Waals surface area contributed by atoms with Gasteiger partial charge in [0.2, 0.25) is 0 Å². The van der Waals surface area contributed by atoms with E-state index in [1.807, 2.05) is 6.07 Å². The summed E-state index contributed by atoms with van der Waals surface area (Å²) in [5, 5.41) is 8.51. The van der Waals surface area contributed by atoms with Gasteiger partial charge in [-0.15, -0.1) is 11.6 Å². The van der Waals surface area contributed by atoms with Crippen LogP contribution in [0.5, 0.6) is 0 Å². The molecular formula is C10H12ClNO2. The van der Waals surface area contributed by atoms with Crippen LogP contribution in [0.25, 0.3) is 0 Å². The van der Waals surface area contributed by atoms with Gasteiger partial charge in [0.1, 0.15) is 0 Å². The molecule has 0 aliphatic rings. The van der Waals surface area contributed by atoms with Crippen LogP contribution in [0, 0.1) is 0 Å². The van der Waals surface area contributed by atoms with E-state index >= 15 is 0 Å². The van der Waals surface area contributed by atoms with Crippen molar-refractivity contribution in [2.45, 2.75) is 18.7 Å². The highest BCUT2D eigenvalue weighted by Gasteiger charge is 2.01. The van der Waals surface area contributed by atoms with Crippen LogP contribution in [0.2, 0.25) is 0 Å². The first-order valence-electron chi connectivity index (χ1n) is 4.28. The highest BCUT2D eigenvalue weighted by atomic mass is 35.5. The van der Waals surface area contributed by atoms with E-state index in [1.54, 1.807) is 12.1 Å². The Morgan fingerprint density at radius 3 is 2.57 bits per heavy atom. The first-order valence-corrected chi connectivity index (χ1v) is 4.81. The molecule has 4 heteroatoms. The topological polar surface area (TPSA) is 63.3 Å². The molecule has 3 nitrogen and oxygen atoms in total. The second-order valence-electron chi connectivity index (χ2n) is 3.11. The number of nitrogen functional groups attached to an aromatic ring is 1. The number of nitrogens with two attached hydrogens (primary N) is 1. The summed E-state index contributed by atoms with van der Waals surface area (Å²) in [6.45, 7) is 0. The number of carboxylic acids is 1. The number of aliphatic carboxylic acids is 1. The quantitative estimate of drug-likeness (QED) is 0.594. The molecule has 0 heterocycles. The highest BCUT2D eigenvalue weighted by Crippen LogP contribution is 2.15. The molecule has 0 fully saturated rings. The fourth-order valence-corrected chi connectivity index (χ4v) is 1.42. The molecule has 1 aromatic rings.